The second-order valence-electron chi connectivity index (χ2n) is 24.4. The van der Waals surface area contributed by atoms with Crippen LogP contribution in [0, 0.1) is 44.8 Å². The minimum Gasteiger partial charge on any atom is -0.432 e. The van der Waals surface area contributed by atoms with Crippen molar-refractivity contribution in [2.24, 2.45) is 44.8 Å². The first-order chi connectivity index (χ1) is 34.3. The molecule has 8 fully saturated rings. The molecule has 9 aliphatic rings. The molecule has 4 heterocycles. The highest BCUT2D eigenvalue weighted by Gasteiger charge is 2.70. The Morgan fingerprint density at radius 2 is 1.29 bits per heavy atom. The van der Waals surface area contributed by atoms with E-state index in [1.807, 2.05) is 0 Å². The molecular weight excluding hydrogens is 961 g/mol. The van der Waals surface area contributed by atoms with Gasteiger partial charge in [0.15, 0.2) is 18.9 Å². The molecule has 4 aliphatic heterocycles. The van der Waals surface area contributed by atoms with E-state index in [0.29, 0.717) is 38.5 Å². The maximum Gasteiger partial charge on any atom is 0.315 e. The van der Waals surface area contributed by atoms with Crippen LogP contribution in [0.3, 0.4) is 0 Å². The van der Waals surface area contributed by atoms with Gasteiger partial charge in [-0.05, 0) is 105 Å². The number of rotatable bonds is 10. The van der Waals surface area contributed by atoms with E-state index < -0.39 is 153 Å². The summed E-state index contributed by atoms with van der Waals surface area (Å²) in [6.07, 6.45) is -20.5. The standard InChI is InChI=1S/C52H82O21/c1-22-10-15-52(47(65)73-45-39(63)36(60)33(57)27(19-53)68-45)17-16-50(6)24(25(52)18-22)8-9-30-49(5)13-12-31(48(3,4)29(49)11-14-51(30,50)7)70-43-40(64)41(26(55)21-66-43)71-46-42(37(61)34(58)28(20-54)69-46)72-44-38(62)35(59)32(56)23(2)67-44/h8,23,25-46,53-64H,1,9-21H2,2-7H3/t23-,25-,26+,27+,28+,29-,30+,31-,32-,33-,34-,35+,36-,37-,38+,39+,40+,41-,42+,43-,44-,45-,46-,49-,50+,51+,52-/m0/s1. The minimum absolute atomic E-state index is 0.161. The Kier molecular flexibility index (Phi) is 15.7. The molecule has 0 aromatic heterocycles. The second kappa shape index (κ2) is 20.4. The molecule has 4 saturated heterocycles. The van der Waals surface area contributed by atoms with Crippen LogP contribution in [0.4, 0.5) is 0 Å². The lowest BCUT2D eigenvalue weighted by molar-refractivity contribution is -0.385. The molecule has 5 aliphatic carbocycles. The minimum atomic E-state index is -1.81. The van der Waals surface area contributed by atoms with Gasteiger partial charge >= 0.3 is 5.97 Å². The smallest absolute Gasteiger partial charge is 0.315 e. The molecule has 4 saturated carbocycles. The third-order valence-corrected chi connectivity index (χ3v) is 20.4. The largest absolute Gasteiger partial charge is 0.432 e. The van der Waals surface area contributed by atoms with Gasteiger partial charge in [-0.2, -0.15) is 0 Å². The number of carbonyl (C=O) groups is 1. The Morgan fingerprint density at radius 1 is 0.658 bits per heavy atom. The Balaban J connectivity index is 0.908. The highest BCUT2D eigenvalue weighted by Crippen LogP contribution is 2.75. The summed E-state index contributed by atoms with van der Waals surface area (Å²) in [5.41, 5.74) is 0.247. The Morgan fingerprint density at radius 3 is 1.97 bits per heavy atom. The molecule has 12 N–H and O–H groups in total. The summed E-state index contributed by atoms with van der Waals surface area (Å²) in [6, 6.07) is 0. The van der Waals surface area contributed by atoms with Crippen molar-refractivity contribution < 1.29 is 104 Å². The molecular formula is C52H82O21. The molecule has 21 heteroatoms. The van der Waals surface area contributed by atoms with Gasteiger partial charge in [-0.1, -0.05) is 58.4 Å². The molecule has 21 nitrogen and oxygen atoms in total. The number of aliphatic hydroxyl groups is 12. The van der Waals surface area contributed by atoms with Gasteiger partial charge < -0.3 is 99.2 Å². The number of aliphatic hydroxyl groups excluding tert-OH is 12. The monoisotopic (exact) mass is 1040 g/mol. The number of carbonyl (C=O) groups excluding carboxylic acids is 1. The van der Waals surface area contributed by atoms with E-state index in [9.17, 15) is 66.1 Å². The molecule has 0 aromatic carbocycles. The summed E-state index contributed by atoms with van der Waals surface area (Å²) in [4.78, 5) is 14.6. The van der Waals surface area contributed by atoms with E-state index in [4.69, 9.17) is 37.9 Å². The summed E-state index contributed by atoms with van der Waals surface area (Å²) in [5.74, 6) is -0.338. The average molecular weight is 1040 g/mol. The van der Waals surface area contributed by atoms with Crippen LogP contribution in [0.25, 0.3) is 0 Å². The third-order valence-electron chi connectivity index (χ3n) is 20.4. The molecule has 27 atom stereocenters. The first-order valence-corrected chi connectivity index (χ1v) is 26.4. The van der Waals surface area contributed by atoms with E-state index in [1.165, 1.54) is 12.5 Å². The molecule has 0 aromatic rings. The van der Waals surface area contributed by atoms with Crippen LogP contribution in [0.15, 0.2) is 23.8 Å². The lowest BCUT2D eigenvalue weighted by Gasteiger charge is -2.71. The summed E-state index contributed by atoms with van der Waals surface area (Å²) in [6.45, 7) is 15.7. The fourth-order valence-electron chi connectivity index (χ4n) is 15.8. The number of hydrogen-bond donors (Lipinski definition) is 12. The van der Waals surface area contributed by atoms with E-state index >= 15 is 0 Å². The van der Waals surface area contributed by atoms with Crippen molar-refractivity contribution in [1.82, 2.24) is 0 Å². The van der Waals surface area contributed by atoms with E-state index in [2.05, 4.69) is 47.3 Å². The lowest BCUT2D eigenvalue weighted by atomic mass is 9.34. The number of ether oxygens (including phenoxy) is 8. The van der Waals surface area contributed by atoms with Gasteiger partial charge in [0.05, 0.1) is 37.4 Å². The van der Waals surface area contributed by atoms with Crippen molar-refractivity contribution in [3.8, 4) is 0 Å². The lowest BCUT2D eigenvalue weighted by Crippen LogP contribution is -2.66. The van der Waals surface area contributed by atoms with Gasteiger partial charge in [-0.15, -0.1) is 0 Å². The van der Waals surface area contributed by atoms with Gasteiger partial charge in [0.2, 0.25) is 6.29 Å². The van der Waals surface area contributed by atoms with Crippen LogP contribution < -0.4 is 0 Å². The van der Waals surface area contributed by atoms with Gasteiger partial charge in [-0.3, -0.25) is 4.79 Å². The molecule has 416 valence electrons. The van der Waals surface area contributed by atoms with E-state index in [1.54, 1.807) is 0 Å². The fourth-order valence-corrected chi connectivity index (χ4v) is 15.8. The summed E-state index contributed by atoms with van der Waals surface area (Å²) >= 11 is 0. The van der Waals surface area contributed by atoms with Gasteiger partial charge in [-0.25, -0.2) is 0 Å². The normalized spacial score (nSPS) is 54.0. The van der Waals surface area contributed by atoms with Crippen molar-refractivity contribution in [2.75, 3.05) is 19.8 Å². The molecule has 0 amide bonds. The van der Waals surface area contributed by atoms with Crippen LogP contribution in [0.2, 0.25) is 0 Å². The Bertz CT molecular complexity index is 2040. The second-order valence-corrected chi connectivity index (χ2v) is 24.4. The van der Waals surface area contributed by atoms with Crippen LogP contribution in [0.5, 0.6) is 0 Å². The Labute approximate surface area is 426 Å². The first kappa shape index (κ1) is 55.9. The zero-order chi connectivity index (χ0) is 53.1. The number of fused-ring (bicyclic) bond motifs is 7. The van der Waals surface area contributed by atoms with Crippen LogP contribution in [-0.4, -0.2) is 210 Å². The van der Waals surface area contributed by atoms with Crippen molar-refractivity contribution >= 4 is 5.97 Å². The van der Waals surface area contributed by atoms with E-state index in [0.717, 1.165) is 31.3 Å². The van der Waals surface area contributed by atoms with Crippen LogP contribution >= 0.6 is 0 Å². The zero-order valence-corrected chi connectivity index (χ0v) is 42.8. The summed E-state index contributed by atoms with van der Waals surface area (Å²) < 4.78 is 47.7. The molecule has 0 unspecified atom stereocenters. The predicted octanol–water partition coefficient (Wildman–Crippen LogP) is -0.839. The van der Waals surface area contributed by atoms with Crippen molar-refractivity contribution in [1.29, 1.82) is 0 Å². The van der Waals surface area contributed by atoms with Gasteiger partial charge in [0.25, 0.3) is 0 Å². The quantitative estimate of drug-likeness (QED) is 0.0721. The van der Waals surface area contributed by atoms with Crippen LogP contribution in [-0.2, 0) is 42.7 Å². The zero-order valence-electron chi connectivity index (χ0n) is 42.8. The van der Waals surface area contributed by atoms with Gasteiger partial charge in [0, 0.05) is 5.92 Å². The van der Waals surface area contributed by atoms with Crippen molar-refractivity contribution in [3.05, 3.63) is 23.8 Å². The first-order valence-electron chi connectivity index (χ1n) is 26.4. The highest BCUT2D eigenvalue weighted by atomic mass is 16.8. The molecule has 0 bridgehead atoms. The topological polar surface area (TPSA) is 334 Å². The highest BCUT2D eigenvalue weighted by molar-refractivity contribution is 5.79. The third kappa shape index (κ3) is 9.02. The number of hydrogen-bond acceptors (Lipinski definition) is 21. The number of esters is 1. The molecule has 0 radical (unpaired) electrons. The molecule has 73 heavy (non-hydrogen) atoms. The predicted molar refractivity (Wildman–Crippen MR) is 251 cm³/mol. The van der Waals surface area contributed by atoms with Crippen molar-refractivity contribution in [2.45, 2.75) is 229 Å². The molecule has 9 rings (SSSR count). The fraction of sp³-hybridized carbons (Fsp3) is 0.904. The van der Waals surface area contributed by atoms with E-state index in [-0.39, 0.29) is 40.6 Å². The van der Waals surface area contributed by atoms with Crippen LogP contribution in [0.1, 0.15) is 106 Å². The maximum atomic E-state index is 14.6. The van der Waals surface area contributed by atoms with Crippen molar-refractivity contribution in [3.63, 3.8) is 0 Å². The average Bonchev–Trinajstić information content (AvgIpc) is 3.35. The summed E-state index contributed by atoms with van der Waals surface area (Å²) in [5, 5.41) is 128. The van der Waals surface area contributed by atoms with Gasteiger partial charge in [0.1, 0.15) is 85.5 Å². The molecule has 0 spiro atoms. The summed E-state index contributed by atoms with van der Waals surface area (Å²) in [7, 11) is 0. The number of allylic oxidation sites excluding steroid dienone is 3. The Hall–Kier alpha value is -1.81. The SMILES string of the molecule is C=C1CC[C@]2(C(=O)O[C@@H]3O[C@H](CO)[C@H](O)[C@H](O)[C@H]3O)CC[C@]3(C)C(=CC[C@@H]4[C@@]5(C)CC[C@H](O[C@@H]6OC[C@@H](O)[C@H](O[C@@H]7O[C@H](CO)[C@H](O)[C@H](O)[C@H]7O[C@@H]7O[C@@H](C)[C@H](O)[C@@H](O)[C@H]7O)[C@H]6O)C(C)(C)[C@@H]5CC[C@]43C)[C@@H]2C1. The maximum absolute atomic E-state index is 14.6.